The Balaban J connectivity index is 0.000000224. The number of carbonyl (C=O) groups excluding carboxylic acids is 10. The van der Waals surface area contributed by atoms with Crippen LogP contribution in [0.15, 0.2) is 52.9 Å². The number of ketones is 4. The van der Waals surface area contributed by atoms with E-state index in [1.807, 2.05) is 0 Å². The van der Waals surface area contributed by atoms with E-state index in [-0.39, 0.29) is 74.6 Å². The van der Waals surface area contributed by atoms with Crippen LogP contribution < -0.4 is 21.3 Å². The molecule has 8 rings (SSSR count). The minimum Gasteiger partial charge on any atom is -0.477 e. The van der Waals surface area contributed by atoms with Crippen LogP contribution in [0.1, 0.15) is 142 Å². The molecule has 6 N–H and O–H groups in total. The van der Waals surface area contributed by atoms with Crippen molar-refractivity contribution in [1.82, 2.24) is 33.2 Å². The first-order valence-corrected chi connectivity index (χ1v) is 29.4. The van der Waals surface area contributed by atoms with Crippen molar-refractivity contribution < 1.29 is 86.0 Å². The topological polar surface area (TPSA) is 370 Å². The van der Waals surface area contributed by atoms with Gasteiger partial charge in [0, 0.05) is 97.5 Å². The summed E-state index contributed by atoms with van der Waals surface area (Å²) < 4.78 is 42.2. The van der Waals surface area contributed by atoms with Gasteiger partial charge < -0.3 is 43.3 Å². The van der Waals surface area contributed by atoms with Gasteiger partial charge in [-0.3, -0.25) is 54.3 Å². The molecule has 0 aliphatic heterocycles. The molecule has 32 heteroatoms. The summed E-state index contributed by atoms with van der Waals surface area (Å²) in [4.78, 5) is 155. The summed E-state index contributed by atoms with van der Waals surface area (Å²) in [5.41, 5.74) is 4.29. The molecule has 0 atom stereocenters. The van der Waals surface area contributed by atoms with Gasteiger partial charge >= 0.3 is 23.9 Å². The summed E-state index contributed by atoms with van der Waals surface area (Å²) >= 11 is 3.58. The first-order chi connectivity index (χ1) is 42.7. The Kier molecular flexibility index (Phi) is 24.0. The molecular formula is C59H61F2N11O16S3. The number of nitrogens with one attached hydrogen (secondary N) is 4. The Bertz CT molecular complexity index is 4190. The number of esters is 2. The van der Waals surface area contributed by atoms with Crippen LogP contribution in [0, 0.1) is 67.0 Å². The fourth-order valence-electron chi connectivity index (χ4n) is 9.38. The normalized spacial score (nSPS) is 10.5. The number of carbonyl (C=O) groups is 12. The Morgan fingerprint density at radius 3 is 1.08 bits per heavy atom. The second-order valence-corrected chi connectivity index (χ2v) is 22.0. The van der Waals surface area contributed by atoms with E-state index in [1.54, 1.807) is 97.4 Å². The number of hydrogen-bond donors (Lipinski definition) is 6. The van der Waals surface area contributed by atoms with Gasteiger partial charge in [-0.25, -0.2) is 42.9 Å². The molecule has 0 unspecified atom stereocenters. The van der Waals surface area contributed by atoms with E-state index in [1.165, 1.54) is 93.1 Å². The smallest absolute Gasteiger partial charge is 0.377 e. The van der Waals surface area contributed by atoms with Gasteiger partial charge in [-0.05, 0) is 104 Å². The molecule has 480 valence electrons. The zero-order valence-electron chi connectivity index (χ0n) is 51.3. The highest BCUT2D eigenvalue weighted by Gasteiger charge is 2.33. The lowest BCUT2D eigenvalue weighted by molar-refractivity contribution is -0.131. The second kappa shape index (κ2) is 30.6. The quantitative estimate of drug-likeness (QED) is 0.0267. The van der Waals surface area contributed by atoms with Crippen molar-refractivity contribution in [3.8, 4) is 0 Å². The lowest BCUT2D eigenvalue weighted by Crippen LogP contribution is -2.24. The van der Waals surface area contributed by atoms with Gasteiger partial charge in [0.2, 0.25) is 0 Å². The fraction of sp³-hybridized carbons (Fsp3) is 0.271. The monoisotopic (exact) mass is 1310 g/mol. The van der Waals surface area contributed by atoms with Gasteiger partial charge in [-0.15, -0.1) is 34.0 Å². The molecule has 0 saturated heterocycles. The molecule has 8 aromatic rings. The van der Waals surface area contributed by atoms with E-state index < -0.39 is 82.3 Å². The minimum absolute atomic E-state index is 0.00195. The van der Waals surface area contributed by atoms with Crippen LogP contribution in [0.2, 0.25) is 0 Å². The van der Waals surface area contributed by atoms with E-state index in [2.05, 4.69) is 36.2 Å². The number of aliphatic carboxylic acids is 1. The third kappa shape index (κ3) is 15.9. The standard InChI is InChI=1S/C19H16F2N4O3S.C15H17N3O4S.C13H13N3O4S.C12H15NO5/c1-9-14(16(26)18(28)24-19-22-6-7-29-19)10(2)25(3)15(9)17(27)23-11-4-5-12(20)13(21)8-11;1-5-22-14(21)11-8(2)10(9(3)18(11)4)12(19)13(20)17-15-16-6-7-23-15;1-6-8(7(2)16(3)9(6)12(19)20)10(17)11(18)15-13-14-4-5-21-13;1-5-18-12(17)9-6(2)8(7(3)13(9)4)10(14)11(15)16/h4-8H,1-3H3,(H,23,27)(H,22,24,28);6-7H,5H2,1-4H3,(H,16,17,20);4-5H,1-3H3,(H,19,20)(H,14,15,18);5H2,1-4H3,(H,15,16). The van der Waals surface area contributed by atoms with Crippen molar-refractivity contribution in [3.63, 3.8) is 0 Å². The first-order valence-electron chi connectivity index (χ1n) is 26.8. The lowest BCUT2D eigenvalue weighted by Gasteiger charge is -2.08. The van der Waals surface area contributed by atoms with E-state index in [4.69, 9.17) is 14.6 Å². The zero-order chi connectivity index (χ0) is 68.2. The number of amides is 4. The van der Waals surface area contributed by atoms with Crippen molar-refractivity contribution in [2.75, 3.05) is 34.5 Å². The molecule has 1 aromatic carbocycles. The molecule has 0 fully saturated rings. The molecule has 91 heavy (non-hydrogen) atoms. The van der Waals surface area contributed by atoms with E-state index in [0.717, 1.165) is 12.1 Å². The van der Waals surface area contributed by atoms with Crippen LogP contribution in [0.5, 0.6) is 0 Å². The average molecular weight is 1310 g/mol. The van der Waals surface area contributed by atoms with E-state index in [9.17, 15) is 71.4 Å². The van der Waals surface area contributed by atoms with Crippen molar-refractivity contribution in [3.05, 3.63) is 155 Å². The Morgan fingerprint density at radius 1 is 0.462 bits per heavy atom. The van der Waals surface area contributed by atoms with Crippen LogP contribution in [-0.4, -0.2) is 127 Å². The average Bonchev–Trinajstić information content (AvgIpc) is 1.73. The van der Waals surface area contributed by atoms with Crippen LogP contribution in [-0.2, 0) is 56.8 Å². The Hall–Kier alpha value is -10.5. The number of thiazole rings is 3. The van der Waals surface area contributed by atoms with Gasteiger partial charge in [0.1, 0.15) is 22.8 Å². The molecule has 0 saturated carbocycles. The molecule has 0 aliphatic rings. The molecule has 0 aliphatic carbocycles. The number of carboxylic acids is 2. The van der Waals surface area contributed by atoms with Crippen molar-refractivity contribution in [1.29, 1.82) is 0 Å². The number of benzene rings is 1. The number of anilines is 4. The van der Waals surface area contributed by atoms with Gasteiger partial charge in [-0.2, -0.15) is 0 Å². The van der Waals surface area contributed by atoms with Crippen molar-refractivity contribution >= 4 is 126 Å². The summed E-state index contributed by atoms with van der Waals surface area (Å²) in [5, 5.41) is 33.6. The largest absolute Gasteiger partial charge is 0.477 e. The number of aromatic nitrogens is 7. The van der Waals surface area contributed by atoms with Crippen molar-refractivity contribution in [2.24, 2.45) is 28.2 Å². The maximum absolute atomic E-state index is 13.4. The third-order valence-corrected chi connectivity index (χ3v) is 16.0. The van der Waals surface area contributed by atoms with Crippen LogP contribution in [0.25, 0.3) is 0 Å². The second-order valence-electron chi connectivity index (χ2n) is 19.3. The van der Waals surface area contributed by atoms with Gasteiger partial charge in [-0.1, -0.05) is 0 Å². The Labute approximate surface area is 529 Å². The summed E-state index contributed by atoms with van der Waals surface area (Å²) in [7, 11) is 6.36. The molecule has 7 aromatic heterocycles. The number of nitrogens with zero attached hydrogens (tertiary/aromatic N) is 7. The highest BCUT2D eigenvalue weighted by atomic mass is 32.1. The van der Waals surface area contributed by atoms with Crippen LogP contribution >= 0.6 is 34.0 Å². The third-order valence-electron chi connectivity index (χ3n) is 13.9. The van der Waals surface area contributed by atoms with E-state index >= 15 is 0 Å². The minimum atomic E-state index is -1.54. The molecule has 0 radical (unpaired) electrons. The number of ether oxygens (including phenoxy) is 2. The summed E-state index contributed by atoms with van der Waals surface area (Å²) in [6.07, 6.45) is 4.53. The molecule has 27 nitrogen and oxygen atoms in total. The number of hydrogen-bond acceptors (Lipinski definition) is 20. The summed E-state index contributed by atoms with van der Waals surface area (Å²) in [6.45, 7) is 16.5. The predicted octanol–water partition coefficient (Wildman–Crippen LogP) is 8.25. The molecule has 0 bridgehead atoms. The Morgan fingerprint density at radius 2 is 0.780 bits per heavy atom. The van der Waals surface area contributed by atoms with Gasteiger partial charge in [0.05, 0.1) is 35.5 Å². The van der Waals surface area contributed by atoms with Crippen molar-refractivity contribution in [2.45, 2.75) is 69.2 Å². The van der Waals surface area contributed by atoms with Gasteiger partial charge in [0.15, 0.2) is 27.0 Å². The fourth-order valence-corrected chi connectivity index (χ4v) is 11.0. The summed E-state index contributed by atoms with van der Waals surface area (Å²) in [6, 6.07) is 2.97. The molecular weight excluding hydrogens is 1250 g/mol. The molecule has 4 amide bonds. The van der Waals surface area contributed by atoms with Gasteiger partial charge in [0.25, 0.3) is 46.8 Å². The number of rotatable bonds is 18. The lowest BCUT2D eigenvalue weighted by atomic mass is 10.0. The highest BCUT2D eigenvalue weighted by molar-refractivity contribution is 7.14. The molecule has 0 spiro atoms. The highest BCUT2D eigenvalue weighted by Crippen LogP contribution is 2.28. The SMILES string of the molecule is CCOC(=O)c1c(C)c(C(=O)C(=O)Nc2nccs2)c(C)n1C.CCOC(=O)c1c(C)c(C(=O)C(=O)O)c(C)n1C.Cc1c(C(=O)C(=O)Nc2nccs2)c(C)n(C)c1C(=O)Nc1ccc(F)c(F)c1.Cc1c(C(=O)C(=O)Nc2nccs2)c(C)n(C)c1C(=O)O. The van der Waals surface area contributed by atoms with Crippen LogP contribution in [0.3, 0.4) is 0 Å². The number of aromatic carboxylic acids is 1. The van der Waals surface area contributed by atoms with Crippen LogP contribution in [0.4, 0.5) is 29.9 Å². The maximum Gasteiger partial charge on any atom is 0.377 e. The molecule has 7 heterocycles. The first kappa shape index (κ1) is 71.3. The maximum atomic E-state index is 13.4. The summed E-state index contributed by atoms with van der Waals surface area (Å²) in [5.74, 6) is -12.3. The van der Waals surface area contributed by atoms with E-state index in [0.29, 0.717) is 49.7 Å². The zero-order valence-corrected chi connectivity index (χ0v) is 53.8. The number of halogens is 2. The number of Topliss-reactive ketones (excluding diaryl/α,β-unsaturated/α-hetero) is 4. The predicted molar refractivity (Wildman–Crippen MR) is 330 cm³/mol. The number of carboxylic acid groups (broad SMARTS) is 2.